The molecule has 1 aliphatic carbocycles. The van der Waals surface area contributed by atoms with E-state index in [1.54, 1.807) is 6.33 Å². The van der Waals surface area contributed by atoms with Crippen LogP contribution in [0.5, 0.6) is 0 Å². The Morgan fingerprint density at radius 2 is 2.00 bits per heavy atom. The van der Waals surface area contributed by atoms with E-state index in [4.69, 9.17) is 0 Å². The summed E-state index contributed by atoms with van der Waals surface area (Å²) in [6.45, 7) is 4.14. The summed E-state index contributed by atoms with van der Waals surface area (Å²) in [4.78, 5) is 12.7. The fourth-order valence-electron chi connectivity index (χ4n) is 3.25. The predicted molar refractivity (Wildman–Crippen MR) is 98.6 cm³/mol. The van der Waals surface area contributed by atoms with Gasteiger partial charge in [0.15, 0.2) is 10.9 Å². The van der Waals surface area contributed by atoms with Crippen LogP contribution in [0.2, 0.25) is 0 Å². The number of nitrogens with zero attached hydrogens (tertiary/aromatic N) is 4. The molecule has 3 aromatic rings. The van der Waals surface area contributed by atoms with Crippen molar-refractivity contribution in [3.05, 3.63) is 59.7 Å². The Balaban J connectivity index is 1.50. The molecule has 1 fully saturated rings. The lowest BCUT2D eigenvalue weighted by Gasteiger charge is -2.08. The zero-order chi connectivity index (χ0) is 17.4. The molecule has 0 bridgehead atoms. The van der Waals surface area contributed by atoms with E-state index >= 15 is 0 Å². The fourth-order valence-corrected chi connectivity index (χ4v) is 4.06. The molecule has 2 aromatic heterocycles. The van der Waals surface area contributed by atoms with Crippen molar-refractivity contribution < 1.29 is 4.79 Å². The van der Waals surface area contributed by atoms with E-state index in [-0.39, 0.29) is 5.78 Å². The zero-order valence-electron chi connectivity index (χ0n) is 14.3. The number of aromatic nitrogens is 4. The zero-order valence-corrected chi connectivity index (χ0v) is 15.2. The number of hydrogen-bond acceptors (Lipinski definition) is 4. The van der Waals surface area contributed by atoms with Crippen LogP contribution in [0.3, 0.4) is 0 Å². The van der Waals surface area contributed by atoms with E-state index in [0.29, 0.717) is 11.8 Å². The monoisotopic (exact) mass is 352 g/mol. The Labute approximate surface area is 151 Å². The number of carbonyl (C=O) groups excluding carboxylic acids is 1. The molecule has 2 heterocycles. The third-order valence-corrected chi connectivity index (χ3v) is 5.52. The molecule has 25 heavy (non-hydrogen) atoms. The second-order valence-corrected chi connectivity index (χ2v) is 7.36. The molecule has 1 aliphatic rings. The number of benzene rings is 1. The van der Waals surface area contributed by atoms with Crippen LogP contribution in [-0.4, -0.2) is 30.9 Å². The quantitative estimate of drug-likeness (QED) is 0.497. The average Bonchev–Trinajstić information content (AvgIpc) is 3.25. The molecule has 0 N–H and O–H groups in total. The smallest absolute Gasteiger partial charge is 0.196 e. The van der Waals surface area contributed by atoms with Crippen molar-refractivity contribution in [1.82, 2.24) is 19.3 Å². The lowest BCUT2D eigenvalue weighted by Crippen LogP contribution is -2.06. The SMILES string of the molecule is Cc1cc(C(=O)CSc2nncn2-c2ccccc2)c(C)n1C1CC1. The van der Waals surface area contributed by atoms with Crippen LogP contribution in [0.4, 0.5) is 0 Å². The summed E-state index contributed by atoms with van der Waals surface area (Å²) in [5.41, 5.74) is 4.10. The maximum absolute atomic E-state index is 12.7. The Kier molecular flexibility index (Phi) is 4.21. The number of thioether (sulfide) groups is 1. The Morgan fingerprint density at radius 1 is 1.24 bits per heavy atom. The Hall–Kier alpha value is -2.34. The number of ketones is 1. The third kappa shape index (κ3) is 3.14. The van der Waals surface area contributed by atoms with Crippen LogP contribution < -0.4 is 0 Å². The van der Waals surface area contributed by atoms with Gasteiger partial charge in [-0.05, 0) is 44.9 Å². The molecule has 0 spiro atoms. The lowest BCUT2D eigenvalue weighted by molar-refractivity contribution is 0.102. The topological polar surface area (TPSA) is 52.7 Å². The van der Waals surface area contributed by atoms with Crippen LogP contribution in [-0.2, 0) is 0 Å². The number of hydrogen-bond donors (Lipinski definition) is 0. The average molecular weight is 352 g/mol. The fraction of sp³-hybridized carbons (Fsp3) is 0.316. The van der Waals surface area contributed by atoms with Crippen molar-refractivity contribution in [1.29, 1.82) is 0 Å². The highest BCUT2D eigenvalue weighted by Crippen LogP contribution is 2.38. The van der Waals surface area contributed by atoms with Gasteiger partial charge in [0.25, 0.3) is 0 Å². The summed E-state index contributed by atoms with van der Waals surface area (Å²) < 4.78 is 4.22. The van der Waals surface area contributed by atoms with Gasteiger partial charge in [0, 0.05) is 28.7 Å². The molecule has 0 radical (unpaired) electrons. The van der Waals surface area contributed by atoms with Crippen LogP contribution >= 0.6 is 11.8 Å². The molecule has 0 unspecified atom stereocenters. The molecule has 0 amide bonds. The van der Waals surface area contributed by atoms with Gasteiger partial charge in [0.05, 0.1) is 5.75 Å². The van der Waals surface area contributed by atoms with Gasteiger partial charge >= 0.3 is 0 Å². The molecule has 4 rings (SSSR count). The van der Waals surface area contributed by atoms with Gasteiger partial charge < -0.3 is 4.57 Å². The number of Topliss-reactive ketones (excluding diaryl/α,β-unsaturated/α-hetero) is 1. The standard InChI is InChI=1S/C19H20N4OS/c1-13-10-17(14(2)23(13)16-8-9-16)18(24)11-25-19-21-20-12-22(19)15-6-4-3-5-7-15/h3-7,10,12,16H,8-9,11H2,1-2H3. The van der Waals surface area contributed by atoms with Crippen molar-refractivity contribution in [2.45, 2.75) is 37.9 Å². The first-order valence-electron chi connectivity index (χ1n) is 8.45. The Morgan fingerprint density at radius 3 is 2.72 bits per heavy atom. The van der Waals surface area contributed by atoms with Crippen LogP contribution in [0.25, 0.3) is 5.69 Å². The minimum Gasteiger partial charge on any atom is -0.345 e. The van der Waals surface area contributed by atoms with E-state index in [2.05, 4.69) is 28.6 Å². The van der Waals surface area contributed by atoms with E-state index in [1.807, 2.05) is 41.0 Å². The number of aryl methyl sites for hydroxylation is 1. The number of para-hydroxylation sites is 1. The highest BCUT2D eigenvalue weighted by Gasteiger charge is 2.28. The molecular formula is C19H20N4OS. The molecule has 0 saturated heterocycles. The predicted octanol–water partition coefficient (Wildman–Crippen LogP) is 4.00. The van der Waals surface area contributed by atoms with Gasteiger partial charge in [-0.1, -0.05) is 30.0 Å². The highest BCUT2D eigenvalue weighted by atomic mass is 32.2. The second-order valence-electron chi connectivity index (χ2n) is 6.42. The molecule has 128 valence electrons. The van der Waals surface area contributed by atoms with Gasteiger partial charge in [-0.2, -0.15) is 0 Å². The summed E-state index contributed by atoms with van der Waals surface area (Å²) in [7, 11) is 0. The summed E-state index contributed by atoms with van der Waals surface area (Å²) in [6, 6.07) is 12.5. The summed E-state index contributed by atoms with van der Waals surface area (Å²) in [5.74, 6) is 0.508. The van der Waals surface area contributed by atoms with Crippen molar-refractivity contribution in [3.8, 4) is 5.69 Å². The third-order valence-electron chi connectivity index (χ3n) is 4.58. The first-order valence-corrected chi connectivity index (χ1v) is 9.43. The van der Waals surface area contributed by atoms with Crippen LogP contribution in [0.15, 0.2) is 47.9 Å². The Bertz CT molecular complexity index is 909. The normalized spacial score (nSPS) is 14.0. The summed E-state index contributed by atoms with van der Waals surface area (Å²) in [5, 5.41) is 8.89. The largest absolute Gasteiger partial charge is 0.345 e. The number of carbonyl (C=O) groups is 1. The van der Waals surface area contributed by atoms with Gasteiger partial charge in [-0.3, -0.25) is 9.36 Å². The molecule has 6 heteroatoms. The van der Waals surface area contributed by atoms with Gasteiger partial charge in [0.1, 0.15) is 6.33 Å². The molecule has 0 atom stereocenters. The lowest BCUT2D eigenvalue weighted by atomic mass is 10.2. The first kappa shape index (κ1) is 16.1. The van der Waals surface area contributed by atoms with Gasteiger partial charge in [0.2, 0.25) is 0 Å². The summed E-state index contributed by atoms with van der Waals surface area (Å²) in [6.07, 6.45) is 4.12. The first-order chi connectivity index (χ1) is 12.1. The van der Waals surface area contributed by atoms with Gasteiger partial charge in [-0.25, -0.2) is 0 Å². The van der Waals surface area contributed by atoms with Crippen molar-refractivity contribution in [2.24, 2.45) is 0 Å². The van der Waals surface area contributed by atoms with E-state index in [0.717, 1.165) is 22.1 Å². The van der Waals surface area contributed by atoms with Crippen molar-refractivity contribution >= 4 is 17.5 Å². The maximum atomic E-state index is 12.7. The van der Waals surface area contributed by atoms with Crippen molar-refractivity contribution in [3.63, 3.8) is 0 Å². The van der Waals surface area contributed by atoms with Crippen molar-refractivity contribution in [2.75, 3.05) is 5.75 Å². The molecule has 1 aromatic carbocycles. The van der Waals surface area contributed by atoms with Gasteiger partial charge in [-0.15, -0.1) is 10.2 Å². The summed E-state index contributed by atoms with van der Waals surface area (Å²) >= 11 is 1.43. The van der Waals surface area contributed by atoms with E-state index in [1.165, 1.54) is 30.3 Å². The molecule has 5 nitrogen and oxygen atoms in total. The van der Waals surface area contributed by atoms with Crippen LogP contribution in [0.1, 0.15) is 40.6 Å². The second kappa shape index (κ2) is 6.52. The maximum Gasteiger partial charge on any atom is 0.196 e. The highest BCUT2D eigenvalue weighted by molar-refractivity contribution is 7.99. The molecule has 0 aliphatic heterocycles. The molecule has 1 saturated carbocycles. The minimum absolute atomic E-state index is 0.146. The molecular weight excluding hydrogens is 332 g/mol. The number of rotatable bonds is 6. The van der Waals surface area contributed by atoms with E-state index < -0.39 is 0 Å². The van der Waals surface area contributed by atoms with Crippen LogP contribution in [0, 0.1) is 13.8 Å². The van der Waals surface area contributed by atoms with E-state index in [9.17, 15) is 4.79 Å². The minimum atomic E-state index is 0.146.